The zero-order valence-electron chi connectivity index (χ0n) is 8.03. The van der Waals surface area contributed by atoms with E-state index in [1.165, 1.54) is 13.0 Å². The lowest BCUT2D eigenvalue weighted by molar-refractivity contribution is -0.138. The van der Waals surface area contributed by atoms with Crippen molar-refractivity contribution < 1.29 is 14.7 Å². The Balaban J connectivity index is 2.78. The van der Waals surface area contributed by atoms with Crippen molar-refractivity contribution in [3.63, 3.8) is 0 Å². The highest BCUT2D eigenvalue weighted by Gasteiger charge is 2.16. The number of amides is 1. The van der Waals surface area contributed by atoms with Gasteiger partial charge in [0.05, 0.1) is 10.6 Å². The molecule has 0 aliphatic heterocycles. The van der Waals surface area contributed by atoms with Crippen LogP contribution in [0.3, 0.4) is 0 Å². The molecule has 1 rings (SSSR count). The van der Waals surface area contributed by atoms with E-state index in [0.717, 1.165) is 0 Å². The second-order valence-electron chi connectivity index (χ2n) is 3.01. The van der Waals surface area contributed by atoms with Gasteiger partial charge in [0, 0.05) is 0 Å². The molecule has 0 heterocycles. The second kappa shape index (κ2) is 4.79. The van der Waals surface area contributed by atoms with Gasteiger partial charge in [0.25, 0.3) is 5.91 Å². The Kier molecular flexibility index (Phi) is 3.68. The molecule has 0 aromatic heterocycles. The van der Waals surface area contributed by atoms with Crippen LogP contribution in [-0.2, 0) is 4.79 Å². The van der Waals surface area contributed by atoms with Crippen LogP contribution in [0.15, 0.2) is 24.3 Å². The zero-order chi connectivity index (χ0) is 11.4. The van der Waals surface area contributed by atoms with Crippen LogP contribution in [0.5, 0.6) is 0 Å². The SMILES string of the molecule is C[C@H](NC(=O)c1ccccc1Cl)C(=O)O. The minimum Gasteiger partial charge on any atom is -0.480 e. The number of benzene rings is 1. The predicted molar refractivity (Wildman–Crippen MR) is 56.0 cm³/mol. The van der Waals surface area contributed by atoms with E-state index >= 15 is 0 Å². The molecule has 80 valence electrons. The molecule has 0 spiro atoms. The smallest absolute Gasteiger partial charge is 0.325 e. The molecule has 1 aromatic carbocycles. The first-order valence-corrected chi connectivity index (χ1v) is 4.68. The first-order chi connectivity index (χ1) is 7.02. The largest absolute Gasteiger partial charge is 0.480 e. The fourth-order valence-corrected chi connectivity index (χ4v) is 1.20. The van der Waals surface area contributed by atoms with Gasteiger partial charge in [0.1, 0.15) is 6.04 Å². The Morgan fingerprint density at radius 1 is 1.40 bits per heavy atom. The van der Waals surface area contributed by atoms with Crippen LogP contribution in [0.4, 0.5) is 0 Å². The first-order valence-electron chi connectivity index (χ1n) is 4.30. The Labute approximate surface area is 91.9 Å². The van der Waals surface area contributed by atoms with Crippen molar-refractivity contribution in [2.75, 3.05) is 0 Å². The molecular weight excluding hydrogens is 218 g/mol. The summed E-state index contributed by atoms with van der Waals surface area (Å²) < 4.78 is 0. The van der Waals surface area contributed by atoms with E-state index in [2.05, 4.69) is 5.32 Å². The molecule has 1 atom stereocenters. The lowest BCUT2D eigenvalue weighted by atomic mass is 10.2. The Morgan fingerprint density at radius 2 is 2.00 bits per heavy atom. The highest BCUT2D eigenvalue weighted by Crippen LogP contribution is 2.14. The summed E-state index contributed by atoms with van der Waals surface area (Å²) in [5.74, 6) is -1.58. The van der Waals surface area contributed by atoms with Crippen molar-refractivity contribution in [3.8, 4) is 0 Å². The number of rotatable bonds is 3. The quantitative estimate of drug-likeness (QED) is 0.823. The summed E-state index contributed by atoms with van der Waals surface area (Å²) in [4.78, 5) is 22.0. The summed E-state index contributed by atoms with van der Waals surface area (Å²) in [6, 6.07) is 5.52. The monoisotopic (exact) mass is 227 g/mol. The van der Waals surface area contributed by atoms with Gasteiger partial charge in [-0.15, -0.1) is 0 Å². The number of hydrogen-bond acceptors (Lipinski definition) is 2. The summed E-state index contributed by atoms with van der Waals surface area (Å²) in [7, 11) is 0. The Hall–Kier alpha value is -1.55. The molecule has 1 aromatic rings. The van der Waals surface area contributed by atoms with Gasteiger partial charge in [0.2, 0.25) is 0 Å². The van der Waals surface area contributed by atoms with E-state index in [1.54, 1.807) is 18.2 Å². The van der Waals surface area contributed by atoms with Crippen molar-refractivity contribution in [3.05, 3.63) is 34.9 Å². The average molecular weight is 228 g/mol. The van der Waals surface area contributed by atoms with Crippen molar-refractivity contribution >= 4 is 23.5 Å². The van der Waals surface area contributed by atoms with E-state index in [-0.39, 0.29) is 5.56 Å². The van der Waals surface area contributed by atoms with Gasteiger partial charge in [-0.05, 0) is 19.1 Å². The zero-order valence-corrected chi connectivity index (χ0v) is 8.78. The number of hydrogen-bond donors (Lipinski definition) is 2. The molecule has 0 unspecified atom stereocenters. The maximum Gasteiger partial charge on any atom is 0.325 e. The molecule has 0 saturated heterocycles. The van der Waals surface area contributed by atoms with Crippen molar-refractivity contribution in [2.45, 2.75) is 13.0 Å². The third-order valence-electron chi connectivity index (χ3n) is 1.84. The minimum atomic E-state index is -1.09. The number of carboxylic acid groups (broad SMARTS) is 1. The number of carboxylic acids is 1. The van der Waals surface area contributed by atoms with Crippen molar-refractivity contribution in [1.82, 2.24) is 5.32 Å². The van der Waals surface area contributed by atoms with Gasteiger partial charge in [-0.3, -0.25) is 9.59 Å². The summed E-state index contributed by atoms with van der Waals surface area (Å²) in [5, 5.41) is 11.2. The summed E-state index contributed by atoms with van der Waals surface area (Å²) in [6.45, 7) is 1.39. The molecule has 0 fully saturated rings. The number of halogens is 1. The number of aliphatic carboxylic acids is 1. The van der Waals surface area contributed by atoms with E-state index < -0.39 is 17.9 Å². The number of carbonyl (C=O) groups excluding carboxylic acids is 1. The van der Waals surface area contributed by atoms with Crippen LogP contribution in [-0.4, -0.2) is 23.0 Å². The van der Waals surface area contributed by atoms with Gasteiger partial charge in [-0.25, -0.2) is 0 Å². The third-order valence-corrected chi connectivity index (χ3v) is 2.17. The molecule has 0 radical (unpaired) electrons. The first kappa shape index (κ1) is 11.5. The maximum absolute atomic E-state index is 11.5. The second-order valence-corrected chi connectivity index (χ2v) is 3.42. The molecule has 1 amide bonds. The van der Waals surface area contributed by atoms with Crippen LogP contribution in [0, 0.1) is 0 Å². The minimum absolute atomic E-state index is 0.271. The van der Waals surface area contributed by atoms with Crippen LogP contribution < -0.4 is 5.32 Å². The van der Waals surface area contributed by atoms with Gasteiger partial charge in [-0.2, -0.15) is 0 Å². The van der Waals surface area contributed by atoms with Crippen molar-refractivity contribution in [2.24, 2.45) is 0 Å². The molecule has 0 bridgehead atoms. The summed E-state index contributed by atoms with van der Waals surface area (Å²) in [5.41, 5.74) is 0.271. The van der Waals surface area contributed by atoms with Crippen LogP contribution in [0.1, 0.15) is 17.3 Å². The lowest BCUT2D eigenvalue weighted by Crippen LogP contribution is -2.38. The lowest BCUT2D eigenvalue weighted by Gasteiger charge is -2.09. The molecule has 4 nitrogen and oxygen atoms in total. The molecule has 0 saturated carbocycles. The predicted octanol–water partition coefficient (Wildman–Crippen LogP) is 1.54. The molecular formula is C10H10ClNO3. The Bertz CT molecular complexity index is 392. The van der Waals surface area contributed by atoms with Gasteiger partial charge >= 0.3 is 5.97 Å². The van der Waals surface area contributed by atoms with E-state index in [9.17, 15) is 9.59 Å². The summed E-state index contributed by atoms with van der Waals surface area (Å²) >= 11 is 5.77. The number of carbonyl (C=O) groups is 2. The molecule has 0 aliphatic rings. The standard InChI is InChI=1S/C10H10ClNO3/c1-6(10(14)15)12-9(13)7-4-2-3-5-8(7)11/h2-6H,1H3,(H,12,13)(H,14,15)/t6-/m0/s1. The topological polar surface area (TPSA) is 66.4 Å². The van der Waals surface area contributed by atoms with Gasteiger partial charge in [0.15, 0.2) is 0 Å². The maximum atomic E-state index is 11.5. The molecule has 2 N–H and O–H groups in total. The fraction of sp³-hybridized carbons (Fsp3) is 0.200. The van der Waals surface area contributed by atoms with E-state index in [4.69, 9.17) is 16.7 Å². The Morgan fingerprint density at radius 3 is 2.53 bits per heavy atom. The highest BCUT2D eigenvalue weighted by molar-refractivity contribution is 6.33. The third kappa shape index (κ3) is 2.95. The fourth-order valence-electron chi connectivity index (χ4n) is 0.981. The van der Waals surface area contributed by atoms with E-state index in [1.807, 2.05) is 0 Å². The molecule has 0 aliphatic carbocycles. The molecule has 15 heavy (non-hydrogen) atoms. The number of nitrogens with one attached hydrogen (secondary N) is 1. The van der Waals surface area contributed by atoms with Gasteiger partial charge < -0.3 is 10.4 Å². The normalized spacial score (nSPS) is 11.9. The average Bonchev–Trinajstić information content (AvgIpc) is 2.18. The van der Waals surface area contributed by atoms with Crippen molar-refractivity contribution in [1.29, 1.82) is 0 Å². The van der Waals surface area contributed by atoms with Crippen LogP contribution in [0.25, 0.3) is 0 Å². The van der Waals surface area contributed by atoms with Gasteiger partial charge in [-0.1, -0.05) is 23.7 Å². The summed E-state index contributed by atoms with van der Waals surface area (Å²) in [6.07, 6.45) is 0. The van der Waals surface area contributed by atoms with Crippen LogP contribution >= 0.6 is 11.6 Å². The highest BCUT2D eigenvalue weighted by atomic mass is 35.5. The van der Waals surface area contributed by atoms with Crippen LogP contribution in [0.2, 0.25) is 5.02 Å². The molecule has 5 heteroatoms. The van der Waals surface area contributed by atoms with E-state index in [0.29, 0.717) is 5.02 Å².